The highest BCUT2D eigenvalue weighted by molar-refractivity contribution is 6.20. The van der Waals surface area contributed by atoms with E-state index in [0.717, 1.165) is 12.1 Å². The fourth-order valence-corrected chi connectivity index (χ4v) is 5.41. The molecule has 2 aliphatic carbocycles. The average Bonchev–Trinajstić information content (AvgIpc) is 2.63. The predicted molar refractivity (Wildman–Crippen MR) is 108 cm³/mol. The summed E-state index contributed by atoms with van der Waals surface area (Å²) in [6.45, 7) is 2.29. The Kier molecular flexibility index (Phi) is 10.8. The summed E-state index contributed by atoms with van der Waals surface area (Å²) < 4.78 is 0. The average molecular weight is 356 g/mol. The first-order valence-corrected chi connectivity index (χ1v) is 11.7. The second kappa shape index (κ2) is 12.6. The normalized spacial score (nSPS) is 22.1. The van der Waals surface area contributed by atoms with Crippen molar-refractivity contribution in [3.63, 3.8) is 0 Å². The van der Waals surface area contributed by atoms with E-state index in [1.165, 1.54) is 116 Å². The summed E-state index contributed by atoms with van der Waals surface area (Å²) in [5.74, 6) is 0. The van der Waals surface area contributed by atoms with Gasteiger partial charge in [0, 0.05) is 12.1 Å². The topological polar surface area (TPSA) is 3.24 Å². The molecule has 0 heterocycles. The van der Waals surface area contributed by atoms with Crippen LogP contribution in [0.3, 0.4) is 0 Å². The van der Waals surface area contributed by atoms with Gasteiger partial charge >= 0.3 is 0 Å². The molecule has 0 spiro atoms. The summed E-state index contributed by atoms with van der Waals surface area (Å²) in [7, 11) is 0. The van der Waals surface area contributed by atoms with Crippen molar-refractivity contribution in [3.05, 3.63) is 0 Å². The number of alkyl halides is 1. The van der Waals surface area contributed by atoms with Crippen LogP contribution in [0.4, 0.5) is 0 Å². The second-order valence-electron chi connectivity index (χ2n) is 8.38. The van der Waals surface area contributed by atoms with Gasteiger partial charge in [0.25, 0.3) is 0 Å². The molecule has 0 aromatic rings. The molecule has 2 aliphatic rings. The zero-order valence-corrected chi connectivity index (χ0v) is 17.0. The zero-order valence-electron chi connectivity index (χ0n) is 16.3. The van der Waals surface area contributed by atoms with Crippen LogP contribution < -0.4 is 0 Å². The van der Waals surface area contributed by atoms with E-state index in [1.807, 2.05) is 0 Å². The highest BCUT2D eigenvalue weighted by atomic mass is 35.5. The van der Waals surface area contributed by atoms with Crippen LogP contribution in [0, 0.1) is 0 Å². The molecule has 2 fully saturated rings. The van der Waals surface area contributed by atoms with Gasteiger partial charge in [-0.25, -0.2) is 0 Å². The molecule has 0 aromatic carbocycles. The molecule has 0 amide bonds. The Hall–Kier alpha value is 0.250. The van der Waals surface area contributed by atoms with Gasteiger partial charge in [0.2, 0.25) is 0 Å². The predicted octanol–water partition coefficient (Wildman–Crippen LogP) is 7.66. The van der Waals surface area contributed by atoms with E-state index in [2.05, 4.69) is 11.8 Å². The Balaban J connectivity index is 1.74. The first-order chi connectivity index (χ1) is 11.8. The molecule has 0 radical (unpaired) electrons. The lowest BCUT2D eigenvalue weighted by Crippen LogP contribution is -2.49. The van der Waals surface area contributed by atoms with Gasteiger partial charge in [-0.3, -0.25) is 4.90 Å². The van der Waals surface area contributed by atoms with E-state index in [4.69, 9.17) is 11.6 Å². The third-order valence-corrected chi connectivity index (χ3v) is 6.81. The second-order valence-corrected chi connectivity index (χ2v) is 8.88. The van der Waals surface area contributed by atoms with Gasteiger partial charge in [-0.2, -0.15) is 0 Å². The molecule has 142 valence electrons. The Morgan fingerprint density at radius 2 is 1.17 bits per heavy atom. The summed E-state index contributed by atoms with van der Waals surface area (Å²) in [5.41, 5.74) is 0.298. The largest absolute Gasteiger partial charge is 0.281 e. The van der Waals surface area contributed by atoms with E-state index in [0.29, 0.717) is 5.50 Å². The number of rotatable bonds is 11. The number of hydrogen-bond donors (Lipinski definition) is 0. The monoisotopic (exact) mass is 355 g/mol. The SMILES string of the molecule is CCCCCCCCCC(Cl)N(C1CCCCC1)C1CCCCC1. The first kappa shape index (κ1) is 20.6. The van der Waals surface area contributed by atoms with Crippen LogP contribution in [0.1, 0.15) is 122 Å². The minimum Gasteiger partial charge on any atom is -0.281 e. The van der Waals surface area contributed by atoms with Crippen molar-refractivity contribution in [2.75, 3.05) is 0 Å². The number of halogens is 1. The highest BCUT2D eigenvalue weighted by Gasteiger charge is 2.32. The van der Waals surface area contributed by atoms with Gasteiger partial charge < -0.3 is 0 Å². The summed E-state index contributed by atoms with van der Waals surface area (Å²) >= 11 is 7.00. The van der Waals surface area contributed by atoms with Gasteiger partial charge in [-0.05, 0) is 32.1 Å². The molecule has 24 heavy (non-hydrogen) atoms. The lowest BCUT2D eigenvalue weighted by atomic mass is 9.88. The Morgan fingerprint density at radius 1 is 0.708 bits per heavy atom. The standard InChI is InChI=1S/C22H42ClN/c1-2-3-4-5-6-7-14-19-22(23)24(20-15-10-8-11-16-20)21-17-12-9-13-18-21/h20-22H,2-19H2,1H3. The Bertz CT molecular complexity index is 276. The van der Waals surface area contributed by atoms with Crippen LogP contribution in [-0.4, -0.2) is 22.5 Å². The van der Waals surface area contributed by atoms with Crippen molar-refractivity contribution >= 4 is 11.6 Å². The van der Waals surface area contributed by atoms with Crippen molar-refractivity contribution in [1.29, 1.82) is 0 Å². The molecule has 2 saturated carbocycles. The van der Waals surface area contributed by atoms with Crippen molar-refractivity contribution in [2.24, 2.45) is 0 Å². The maximum atomic E-state index is 7.00. The molecule has 2 rings (SSSR count). The fraction of sp³-hybridized carbons (Fsp3) is 1.00. The molecular weight excluding hydrogens is 314 g/mol. The number of unbranched alkanes of at least 4 members (excludes halogenated alkanes) is 6. The smallest absolute Gasteiger partial charge is 0.0855 e. The third kappa shape index (κ3) is 7.24. The van der Waals surface area contributed by atoms with Crippen molar-refractivity contribution < 1.29 is 0 Å². The maximum Gasteiger partial charge on any atom is 0.0855 e. The minimum absolute atomic E-state index is 0.298. The molecule has 1 unspecified atom stereocenters. The van der Waals surface area contributed by atoms with E-state index in [9.17, 15) is 0 Å². The summed E-state index contributed by atoms with van der Waals surface area (Å²) in [6.07, 6.45) is 25.1. The van der Waals surface area contributed by atoms with Crippen LogP contribution in [-0.2, 0) is 0 Å². The molecule has 1 nitrogen and oxygen atoms in total. The fourth-order valence-electron chi connectivity index (χ4n) is 4.93. The molecule has 0 aromatic heterocycles. The number of nitrogens with zero attached hydrogens (tertiary/aromatic N) is 1. The Labute approximate surface area is 156 Å². The molecule has 0 saturated heterocycles. The quantitative estimate of drug-likeness (QED) is 0.209. The molecule has 2 heteroatoms. The van der Waals surface area contributed by atoms with Gasteiger partial charge in [0.05, 0.1) is 5.50 Å². The van der Waals surface area contributed by atoms with Crippen molar-refractivity contribution in [2.45, 2.75) is 140 Å². The lowest BCUT2D eigenvalue weighted by molar-refractivity contribution is 0.0631. The third-order valence-electron chi connectivity index (χ3n) is 6.36. The van der Waals surface area contributed by atoms with E-state index >= 15 is 0 Å². The Morgan fingerprint density at radius 3 is 1.67 bits per heavy atom. The van der Waals surface area contributed by atoms with Crippen molar-refractivity contribution in [1.82, 2.24) is 4.90 Å². The summed E-state index contributed by atoms with van der Waals surface area (Å²) in [6, 6.07) is 1.57. The van der Waals surface area contributed by atoms with Crippen LogP contribution in [0.15, 0.2) is 0 Å². The van der Waals surface area contributed by atoms with Crippen LogP contribution in [0.2, 0.25) is 0 Å². The van der Waals surface area contributed by atoms with Crippen LogP contribution in [0.25, 0.3) is 0 Å². The molecule has 0 aliphatic heterocycles. The molecular formula is C22H42ClN. The van der Waals surface area contributed by atoms with E-state index in [1.54, 1.807) is 0 Å². The van der Waals surface area contributed by atoms with E-state index < -0.39 is 0 Å². The van der Waals surface area contributed by atoms with Gasteiger partial charge in [0.15, 0.2) is 0 Å². The number of hydrogen-bond acceptors (Lipinski definition) is 1. The molecule has 0 bridgehead atoms. The van der Waals surface area contributed by atoms with Gasteiger partial charge in [-0.15, -0.1) is 11.6 Å². The lowest BCUT2D eigenvalue weighted by Gasteiger charge is -2.44. The maximum absolute atomic E-state index is 7.00. The van der Waals surface area contributed by atoms with Gasteiger partial charge in [-0.1, -0.05) is 90.4 Å². The van der Waals surface area contributed by atoms with E-state index in [-0.39, 0.29) is 0 Å². The zero-order chi connectivity index (χ0) is 17.0. The minimum atomic E-state index is 0.298. The molecule has 1 atom stereocenters. The van der Waals surface area contributed by atoms with Crippen molar-refractivity contribution in [3.8, 4) is 0 Å². The summed E-state index contributed by atoms with van der Waals surface area (Å²) in [4.78, 5) is 2.80. The molecule has 0 N–H and O–H groups in total. The van der Waals surface area contributed by atoms with Crippen LogP contribution in [0.5, 0.6) is 0 Å². The van der Waals surface area contributed by atoms with Gasteiger partial charge in [0.1, 0.15) is 0 Å². The highest BCUT2D eigenvalue weighted by Crippen LogP contribution is 2.34. The summed E-state index contributed by atoms with van der Waals surface area (Å²) in [5, 5.41) is 0. The van der Waals surface area contributed by atoms with Crippen LogP contribution >= 0.6 is 11.6 Å². The first-order valence-electron chi connectivity index (χ1n) is 11.2.